The maximum absolute atomic E-state index is 13.3. The molecule has 0 aliphatic rings. The van der Waals surface area contributed by atoms with Crippen molar-refractivity contribution in [2.45, 2.75) is 6.92 Å². The van der Waals surface area contributed by atoms with E-state index < -0.39 is 11.6 Å². The van der Waals surface area contributed by atoms with E-state index >= 15 is 0 Å². The molecule has 0 spiro atoms. The van der Waals surface area contributed by atoms with Crippen LogP contribution in [0, 0.1) is 30.7 Å². The molecule has 3 aromatic carbocycles. The van der Waals surface area contributed by atoms with E-state index in [0.717, 1.165) is 34.0 Å². The Morgan fingerprint density at radius 1 is 0.735 bits per heavy atom. The molecule has 5 heteroatoms. The topological polar surface area (TPSA) is 25.8 Å². The zero-order valence-electron chi connectivity index (χ0n) is 18.3. The van der Waals surface area contributed by atoms with Gasteiger partial charge in [0.15, 0.2) is 0 Å². The minimum atomic E-state index is -0.725. The Kier molecular flexibility index (Phi) is 8.92. The molecular weight excluding hydrogens is 607 g/mol. The first kappa shape index (κ1) is 25.1. The van der Waals surface area contributed by atoms with Crippen LogP contribution in [0.5, 0.6) is 0 Å². The first-order valence-electron chi connectivity index (χ1n) is 10.4. The zero-order chi connectivity index (χ0) is 23.0. The Balaban J connectivity index is 0.000000212. The Morgan fingerprint density at radius 3 is 2.15 bits per heavy atom. The van der Waals surface area contributed by atoms with Crippen LogP contribution in [0.3, 0.4) is 0 Å². The Labute approximate surface area is 211 Å². The van der Waals surface area contributed by atoms with Crippen molar-refractivity contribution in [2.24, 2.45) is 0 Å². The molecule has 0 unspecified atom stereocenters. The molecule has 1 radical (unpaired) electrons. The van der Waals surface area contributed by atoms with Crippen LogP contribution in [0.1, 0.15) is 5.56 Å². The second-order valence-electron chi connectivity index (χ2n) is 7.30. The van der Waals surface area contributed by atoms with Crippen LogP contribution in [0.25, 0.3) is 33.6 Å². The fourth-order valence-corrected chi connectivity index (χ4v) is 3.34. The molecule has 2 heterocycles. The van der Waals surface area contributed by atoms with E-state index in [1.165, 1.54) is 6.07 Å². The molecule has 2 nitrogen and oxygen atoms in total. The maximum atomic E-state index is 13.3. The molecule has 0 fully saturated rings. The average molecular weight is 627 g/mol. The minimum Gasteiger partial charge on any atom is -0.305 e. The van der Waals surface area contributed by atoms with Crippen molar-refractivity contribution in [3.05, 3.63) is 133 Å². The van der Waals surface area contributed by atoms with Crippen molar-refractivity contribution < 1.29 is 28.9 Å². The molecule has 0 aliphatic carbocycles. The molecule has 34 heavy (non-hydrogen) atoms. The molecule has 0 aliphatic heterocycles. The molecule has 0 bridgehead atoms. The summed E-state index contributed by atoms with van der Waals surface area (Å²) >= 11 is 0. The van der Waals surface area contributed by atoms with Crippen LogP contribution in [0.2, 0.25) is 0 Å². The fraction of sp³-hybridized carbons (Fsp3) is 0.0345. The van der Waals surface area contributed by atoms with Gasteiger partial charge in [0.25, 0.3) is 0 Å². The molecule has 2 aromatic heterocycles. The number of halogens is 2. The van der Waals surface area contributed by atoms with Crippen molar-refractivity contribution in [1.82, 2.24) is 9.97 Å². The van der Waals surface area contributed by atoms with Crippen molar-refractivity contribution in [1.29, 1.82) is 0 Å². The number of aromatic nitrogens is 2. The Bertz CT molecular complexity index is 1270. The molecule has 0 N–H and O–H groups in total. The predicted octanol–water partition coefficient (Wildman–Crippen LogP) is 7.35. The number of aryl methyl sites for hydroxylation is 1. The normalized spacial score (nSPS) is 9.97. The first-order chi connectivity index (χ1) is 16.1. The number of pyridine rings is 2. The van der Waals surface area contributed by atoms with E-state index in [0.29, 0.717) is 11.3 Å². The largest absolute Gasteiger partial charge is 0.305 e. The van der Waals surface area contributed by atoms with Crippen LogP contribution in [0.4, 0.5) is 8.78 Å². The molecular formula is C29H20F2IrN2-2. The number of rotatable bonds is 3. The first-order valence-corrected chi connectivity index (χ1v) is 10.4. The summed E-state index contributed by atoms with van der Waals surface area (Å²) in [5.41, 5.74) is 5.88. The minimum absolute atomic E-state index is 0. The Morgan fingerprint density at radius 2 is 1.50 bits per heavy atom. The van der Waals surface area contributed by atoms with Crippen molar-refractivity contribution in [3.8, 4) is 33.6 Å². The van der Waals surface area contributed by atoms with Gasteiger partial charge in [0.1, 0.15) is 0 Å². The number of hydrogen-bond donors (Lipinski definition) is 0. The van der Waals surface area contributed by atoms with Gasteiger partial charge in [-0.3, -0.25) is 0 Å². The van der Waals surface area contributed by atoms with E-state index in [4.69, 9.17) is 0 Å². The number of nitrogens with zero attached hydrogens (tertiary/aromatic N) is 2. The van der Waals surface area contributed by atoms with E-state index in [2.05, 4.69) is 22.1 Å². The van der Waals surface area contributed by atoms with Gasteiger partial charge in [-0.15, -0.1) is 53.6 Å². The summed E-state index contributed by atoms with van der Waals surface area (Å²) in [6, 6.07) is 33.0. The van der Waals surface area contributed by atoms with Gasteiger partial charge in [0.05, 0.1) is 0 Å². The van der Waals surface area contributed by atoms with Crippen molar-refractivity contribution in [2.75, 3.05) is 0 Å². The third kappa shape index (κ3) is 6.50. The third-order valence-electron chi connectivity index (χ3n) is 4.92. The van der Waals surface area contributed by atoms with Crippen LogP contribution < -0.4 is 0 Å². The van der Waals surface area contributed by atoms with Crippen LogP contribution >= 0.6 is 0 Å². The SMILES string of the molecule is Cc1cc(-c2[c-]c(F)cc(F)c2)ncc1-c1ccccc1.[Ir].[c-]1ccccc1-c1ccccn1. The predicted molar refractivity (Wildman–Crippen MR) is 127 cm³/mol. The van der Waals surface area contributed by atoms with E-state index in [9.17, 15) is 8.78 Å². The molecule has 0 saturated carbocycles. The zero-order valence-corrected chi connectivity index (χ0v) is 20.7. The quantitative estimate of drug-likeness (QED) is 0.196. The maximum Gasteiger partial charge on any atom is 0.0446 e. The average Bonchev–Trinajstić information content (AvgIpc) is 2.85. The summed E-state index contributed by atoms with van der Waals surface area (Å²) in [6.45, 7) is 1.95. The molecule has 5 rings (SSSR count). The smallest absolute Gasteiger partial charge is 0.0446 e. The van der Waals surface area contributed by atoms with Crippen molar-refractivity contribution >= 4 is 0 Å². The van der Waals surface area contributed by atoms with Crippen molar-refractivity contribution in [3.63, 3.8) is 0 Å². The van der Waals surface area contributed by atoms with Gasteiger partial charge in [0, 0.05) is 49.7 Å². The number of hydrogen-bond acceptors (Lipinski definition) is 2. The number of benzene rings is 3. The summed E-state index contributed by atoms with van der Waals surface area (Å²) in [4.78, 5) is 8.52. The van der Waals surface area contributed by atoms with Gasteiger partial charge in [-0.1, -0.05) is 54.6 Å². The van der Waals surface area contributed by atoms with Crippen LogP contribution in [-0.4, -0.2) is 9.97 Å². The second-order valence-corrected chi connectivity index (χ2v) is 7.30. The molecule has 171 valence electrons. The van der Waals surface area contributed by atoms with Gasteiger partial charge in [-0.25, -0.2) is 8.78 Å². The monoisotopic (exact) mass is 627 g/mol. The third-order valence-corrected chi connectivity index (χ3v) is 4.92. The summed E-state index contributed by atoms with van der Waals surface area (Å²) in [6.07, 6.45) is 3.51. The molecule has 0 saturated heterocycles. The standard InChI is InChI=1S/C18H12F2N.C11H8N.Ir/c1-12-7-18(14-8-15(19)10-16(20)9-14)21-11-17(12)13-5-3-2-4-6-13;1-2-6-10(7-3-1)11-8-4-5-9-12-11;/h2-8,10-11H,1H3;1-6,8-9H;/q2*-1;. The molecule has 5 aromatic rings. The summed E-state index contributed by atoms with van der Waals surface area (Å²) < 4.78 is 26.5. The summed E-state index contributed by atoms with van der Waals surface area (Å²) in [5, 5.41) is 0. The van der Waals surface area contributed by atoms with Crippen LogP contribution in [0.15, 0.2) is 103 Å². The van der Waals surface area contributed by atoms with E-state index in [1.54, 1.807) is 12.4 Å². The second kappa shape index (κ2) is 12.1. The summed E-state index contributed by atoms with van der Waals surface area (Å²) in [7, 11) is 0. The van der Waals surface area contributed by atoms with Gasteiger partial charge >= 0.3 is 0 Å². The van der Waals surface area contributed by atoms with Gasteiger partial charge in [0.2, 0.25) is 0 Å². The molecule has 0 amide bonds. The van der Waals surface area contributed by atoms with Gasteiger partial charge < -0.3 is 9.97 Å². The summed E-state index contributed by atoms with van der Waals surface area (Å²) in [5.74, 6) is -1.36. The van der Waals surface area contributed by atoms with E-state index in [1.807, 2.05) is 85.8 Å². The van der Waals surface area contributed by atoms with Gasteiger partial charge in [-0.2, -0.15) is 0 Å². The Hall–Kier alpha value is -3.53. The van der Waals surface area contributed by atoms with Gasteiger partial charge in [-0.05, 0) is 35.5 Å². The fourth-order valence-electron chi connectivity index (χ4n) is 3.34. The van der Waals surface area contributed by atoms with Crippen LogP contribution in [-0.2, 0) is 20.1 Å². The van der Waals surface area contributed by atoms with E-state index in [-0.39, 0.29) is 20.1 Å². The molecule has 0 atom stereocenters.